The van der Waals surface area contributed by atoms with Crippen molar-refractivity contribution in [1.29, 1.82) is 0 Å². The third-order valence-electron chi connectivity index (χ3n) is 3.90. The molecule has 1 aromatic carbocycles. The van der Waals surface area contributed by atoms with Gasteiger partial charge in [0.15, 0.2) is 0 Å². The normalized spacial score (nSPS) is 18.7. The van der Waals surface area contributed by atoms with Gasteiger partial charge in [-0.25, -0.2) is 0 Å². The molecule has 0 aliphatic heterocycles. The van der Waals surface area contributed by atoms with Gasteiger partial charge in [0.25, 0.3) is 0 Å². The molecule has 0 bridgehead atoms. The first-order chi connectivity index (χ1) is 9.96. The summed E-state index contributed by atoms with van der Waals surface area (Å²) < 4.78 is 40.8. The Bertz CT molecular complexity index is 424. The van der Waals surface area contributed by atoms with Crippen LogP contribution >= 0.6 is 15.9 Å². The van der Waals surface area contributed by atoms with Crippen molar-refractivity contribution in [2.24, 2.45) is 0 Å². The molecule has 2 rings (SSSR count). The number of hydrogen-bond acceptors (Lipinski definition) is 1. The van der Waals surface area contributed by atoms with E-state index in [0.717, 1.165) is 5.56 Å². The number of ether oxygens (including phenoxy) is 1. The van der Waals surface area contributed by atoms with Gasteiger partial charge in [-0.2, -0.15) is 13.2 Å². The van der Waals surface area contributed by atoms with Crippen LogP contribution in [0.1, 0.15) is 54.0 Å². The van der Waals surface area contributed by atoms with Crippen LogP contribution in [0.25, 0.3) is 0 Å². The van der Waals surface area contributed by atoms with Crippen molar-refractivity contribution in [3.05, 3.63) is 35.4 Å². The highest BCUT2D eigenvalue weighted by molar-refractivity contribution is 9.09. The summed E-state index contributed by atoms with van der Waals surface area (Å²) >= 11 is 3.38. The molecule has 1 aliphatic rings. The molecule has 1 nitrogen and oxygen atoms in total. The molecule has 1 unspecified atom stereocenters. The zero-order chi connectivity index (χ0) is 15.3. The molecule has 1 saturated carbocycles. The lowest BCUT2D eigenvalue weighted by atomic mass is 9.84. The van der Waals surface area contributed by atoms with Crippen LogP contribution in [0.4, 0.5) is 13.2 Å². The van der Waals surface area contributed by atoms with E-state index in [0.29, 0.717) is 5.92 Å². The molecule has 0 radical (unpaired) electrons. The highest BCUT2D eigenvalue weighted by Crippen LogP contribution is 2.33. The fourth-order valence-corrected chi connectivity index (χ4v) is 3.28. The SMILES string of the molecule is FC(F)(F)COCC(Br)c1ccc(C2CCCCC2)cc1. The largest absolute Gasteiger partial charge is 0.411 e. The maximum Gasteiger partial charge on any atom is 0.411 e. The monoisotopic (exact) mass is 364 g/mol. The molecule has 21 heavy (non-hydrogen) atoms. The van der Waals surface area contributed by atoms with Crippen LogP contribution in [0.5, 0.6) is 0 Å². The van der Waals surface area contributed by atoms with Crippen molar-refractivity contribution < 1.29 is 17.9 Å². The second-order valence-corrected chi connectivity index (χ2v) is 6.70. The fourth-order valence-electron chi connectivity index (χ4n) is 2.79. The van der Waals surface area contributed by atoms with E-state index >= 15 is 0 Å². The summed E-state index contributed by atoms with van der Waals surface area (Å²) in [5.74, 6) is 0.642. The molecule has 1 atom stereocenters. The van der Waals surface area contributed by atoms with E-state index in [1.54, 1.807) is 0 Å². The Labute approximate surface area is 132 Å². The molecule has 0 aromatic heterocycles. The molecule has 0 spiro atoms. The third-order valence-corrected chi connectivity index (χ3v) is 4.70. The van der Waals surface area contributed by atoms with Gasteiger partial charge in [0.2, 0.25) is 0 Å². The number of halogens is 4. The number of rotatable bonds is 5. The van der Waals surface area contributed by atoms with Gasteiger partial charge in [-0.1, -0.05) is 59.5 Å². The summed E-state index contributed by atoms with van der Waals surface area (Å²) in [5.41, 5.74) is 2.30. The summed E-state index contributed by atoms with van der Waals surface area (Å²) in [6.45, 7) is -1.18. The van der Waals surface area contributed by atoms with Gasteiger partial charge in [-0.3, -0.25) is 0 Å². The molecule has 5 heteroatoms. The van der Waals surface area contributed by atoms with E-state index < -0.39 is 12.8 Å². The van der Waals surface area contributed by atoms with Crippen molar-refractivity contribution in [3.8, 4) is 0 Å². The summed E-state index contributed by atoms with van der Waals surface area (Å²) in [6.07, 6.45) is 2.13. The highest BCUT2D eigenvalue weighted by atomic mass is 79.9. The standard InChI is InChI=1S/C16H20BrF3O/c17-15(10-21-11-16(18,19)20)14-8-6-13(7-9-14)12-4-2-1-3-5-12/h6-9,12,15H,1-5,10-11H2. The zero-order valence-electron chi connectivity index (χ0n) is 11.8. The van der Waals surface area contributed by atoms with Crippen molar-refractivity contribution in [1.82, 2.24) is 0 Å². The van der Waals surface area contributed by atoms with Crippen LogP contribution in [-0.2, 0) is 4.74 Å². The van der Waals surface area contributed by atoms with Crippen molar-refractivity contribution in [2.45, 2.75) is 49.0 Å². The third kappa shape index (κ3) is 5.62. The second-order valence-electron chi connectivity index (χ2n) is 5.60. The quantitative estimate of drug-likeness (QED) is 0.604. The maximum absolute atomic E-state index is 12.0. The van der Waals surface area contributed by atoms with E-state index in [9.17, 15) is 13.2 Å². The predicted molar refractivity (Wildman–Crippen MR) is 80.8 cm³/mol. The fraction of sp³-hybridized carbons (Fsp3) is 0.625. The summed E-state index contributed by atoms with van der Waals surface area (Å²) in [4.78, 5) is -0.208. The Morgan fingerprint density at radius 2 is 1.71 bits per heavy atom. The minimum Gasteiger partial charge on any atom is -0.371 e. The van der Waals surface area contributed by atoms with Crippen LogP contribution in [0.15, 0.2) is 24.3 Å². The molecule has 118 valence electrons. The summed E-state index contributed by atoms with van der Waals surface area (Å²) in [7, 11) is 0. The topological polar surface area (TPSA) is 9.23 Å². The molecular weight excluding hydrogens is 345 g/mol. The van der Waals surface area contributed by atoms with Gasteiger partial charge in [-0.05, 0) is 29.9 Å². The number of benzene rings is 1. The predicted octanol–water partition coefficient (Wildman–Crippen LogP) is 5.75. The first-order valence-electron chi connectivity index (χ1n) is 7.34. The van der Waals surface area contributed by atoms with Crippen LogP contribution in [0.2, 0.25) is 0 Å². The van der Waals surface area contributed by atoms with E-state index in [2.05, 4.69) is 32.8 Å². The number of alkyl halides is 4. The Balaban J connectivity index is 1.86. The molecule has 0 heterocycles. The molecule has 0 amide bonds. The van der Waals surface area contributed by atoms with Crippen LogP contribution < -0.4 is 0 Å². The van der Waals surface area contributed by atoms with E-state index in [1.165, 1.54) is 37.7 Å². The lowest BCUT2D eigenvalue weighted by molar-refractivity contribution is -0.173. The van der Waals surface area contributed by atoms with Crippen LogP contribution in [0, 0.1) is 0 Å². The van der Waals surface area contributed by atoms with E-state index in [1.807, 2.05) is 12.1 Å². The Hall–Kier alpha value is -0.550. The smallest absolute Gasteiger partial charge is 0.371 e. The Kier molecular flexibility index (Phi) is 6.11. The van der Waals surface area contributed by atoms with Crippen molar-refractivity contribution in [3.63, 3.8) is 0 Å². The van der Waals surface area contributed by atoms with Gasteiger partial charge in [0.1, 0.15) is 6.61 Å². The molecule has 0 N–H and O–H groups in total. The van der Waals surface area contributed by atoms with E-state index in [4.69, 9.17) is 0 Å². The van der Waals surface area contributed by atoms with Crippen molar-refractivity contribution >= 4 is 15.9 Å². The minimum atomic E-state index is -4.27. The van der Waals surface area contributed by atoms with Gasteiger partial charge in [0, 0.05) is 0 Å². The average Bonchev–Trinajstić information content (AvgIpc) is 2.47. The second kappa shape index (κ2) is 7.63. The Morgan fingerprint density at radius 3 is 2.29 bits per heavy atom. The zero-order valence-corrected chi connectivity index (χ0v) is 13.4. The molecular formula is C16H20BrF3O. The minimum absolute atomic E-state index is 0.0162. The molecule has 1 fully saturated rings. The van der Waals surface area contributed by atoms with Gasteiger partial charge in [-0.15, -0.1) is 0 Å². The van der Waals surface area contributed by atoms with Crippen LogP contribution in [0.3, 0.4) is 0 Å². The average molecular weight is 365 g/mol. The summed E-state index contributed by atoms with van der Waals surface area (Å²) in [5, 5.41) is 0. The molecule has 1 aliphatic carbocycles. The van der Waals surface area contributed by atoms with Gasteiger partial charge < -0.3 is 4.74 Å². The maximum atomic E-state index is 12.0. The highest BCUT2D eigenvalue weighted by Gasteiger charge is 2.27. The number of hydrogen-bond donors (Lipinski definition) is 0. The lowest BCUT2D eigenvalue weighted by Crippen LogP contribution is -2.18. The Morgan fingerprint density at radius 1 is 1.10 bits per heavy atom. The van der Waals surface area contributed by atoms with Gasteiger partial charge in [0.05, 0.1) is 11.4 Å². The molecule has 0 saturated heterocycles. The lowest BCUT2D eigenvalue weighted by Gasteiger charge is -2.22. The van der Waals surface area contributed by atoms with E-state index in [-0.39, 0.29) is 11.4 Å². The van der Waals surface area contributed by atoms with Crippen molar-refractivity contribution in [2.75, 3.05) is 13.2 Å². The van der Waals surface area contributed by atoms with Crippen LogP contribution in [-0.4, -0.2) is 19.4 Å². The van der Waals surface area contributed by atoms with Gasteiger partial charge >= 0.3 is 6.18 Å². The summed E-state index contributed by atoms with van der Waals surface area (Å²) in [6, 6.07) is 8.17. The molecule has 1 aromatic rings. The first kappa shape index (κ1) is 16.8. The first-order valence-corrected chi connectivity index (χ1v) is 8.26.